The Morgan fingerprint density at radius 3 is 2.69 bits per heavy atom. The molecule has 0 unspecified atom stereocenters. The van der Waals surface area contributed by atoms with E-state index in [0.29, 0.717) is 62.6 Å². The minimum atomic E-state index is -1.25. The Labute approximate surface area is 287 Å². The average molecular weight is 670 g/mol. The van der Waals surface area contributed by atoms with Crippen LogP contribution < -0.4 is 5.56 Å². The standard InChI is InChI=1S/C38H47N5O6/c1-6-37(7-2,24-46-5)25-47-22-29-21-42(41-40-29)17-13-9-10-16-34(44)49-38(8-3)26(4)48-23-30-31(38)19-33-35-28(20-43(33)36(30)45)18-27-14-11-12-15-32(27)39-35/h11-12,14-15,18-19,21H,4,6-10,13,16-17,20,22-25H2,1-3,5H3/t38-/m1/s1. The van der Waals surface area contributed by atoms with Crippen molar-refractivity contribution >= 4 is 16.9 Å². The summed E-state index contributed by atoms with van der Waals surface area (Å²) >= 11 is 0. The number of carbonyl (C=O) groups is 1. The number of pyridine rings is 2. The van der Waals surface area contributed by atoms with Crippen LogP contribution in [-0.4, -0.2) is 50.8 Å². The lowest BCUT2D eigenvalue weighted by molar-refractivity contribution is -0.164. The van der Waals surface area contributed by atoms with Crippen LogP contribution in [0.15, 0.2) is 59.7 Å². The lowest BCUT2D eigenvalue weighted by atomic mass is 9.84. The van der Waals surface area contributed by atoms with Gasteiger partial charge in [-0.1, -0.05) is 57.2 Å². The summed E-state index contributed by atoms with van der Waals surface area (Å²) in [5.74, 6) is -0.0156. The van der Waals surface area contributed by atoms with Gasteiger partial charge in [-0.3, -0.25) is 14.3 Å². The first kappa shape index (κ1) is 34.5. The molecule has 5 heterocycles. The predicted octanol–water partition coefficient (Wildman–Crippen LogP) is 6.44. The van der Waals surface area contributed by atoms with Crippen LogP contribution in [0.2, 0.25) is 0 Å². The van der Waals surface area contributed by atoms with Gasteiger partial charge in [0.2, 0.25) is 0 Å². The van der Waals surface area contributed by atoms with Crippen molar-refractivity contribution in [3.8, 4) is 11.4 Å². The van der Waals surface area contributed by atoms with Crippen molar-refractivity contribution in [2.24, 2.45) is 5.41 Å². The summed E-state index contributed by atoms with van der Waals surface area (Å²) in [6, 6.07) is 12.0. The van der Waals surface area contributed by atoms with E-state index < -0.39 is 5.60 Å². The molecule has 0 fully saturated rings. The second-order valence-electron chi connectivity index (χ2n) is 13.3. The molecule has 0 saturated carbocycles. The molecule has 0 bridgehead atoms. The molecule has 1 atom stereocenters. The third kappa shape index (κ3) is 6.78. The first-order chi connectivity index (χ1) is 23.8. The molecule has 2 aliphatic rings. The van der Waals surface area contributed by atoms with Crippen LogP contribution in [0.3, 0.4) is 0 Å². The summed E-state index contributed by atoms with van der Waals surface area (Å²) in [5.41, 5.74) is 3.87. The molecule has 49 heavy (non-hydrogen) atoms. The van der Waals surface area contributed by atoms with E-state index in [1.807, 2.05) is 48.1 Å². The highest BCUT2D eigenvalue weighted by molar-refractivity contribution is 5.84. The van der Waals surface area contributed by atoms with Crippen molar-refractivity contribution < 1.29 is 23.7 Å². The van der Waals surface area contributed by atoms with Crippen molar-refractivity contribution in [3.05, 3.63) is 87.7 Å². The lowest BCUT2D eigenvalue weighted by Gasteiger charge is -2.39. The zero-order valence-electron chi connectivity index (χ0n) is 29.1. The molecule has 260 valence electrons. The highest BCUT2D eigenvalue weighted by Gasteiger charge is 2.46. The van der Waals surface area contributed by atoms with Crippen molar-refractivity contribution in [3.63, 3.8) is 0 Å². The highest BCUT2D eigenvalue weighted by atomic mass is 16.6. The summed E-state index contributed by atoms with van der Waals surface area (Å²) in [4.78, 5) is 32.1. The summed E-state index contributed by atoms with van der Waals surface area (Å²) in [6.45, 7) is 13.3. The second kappa shape index (κ2) is 14.6. The summed E-state index contributed by atoms with van der Waals surface area (Å²) in [7, 11) is 1.73. The maximum Gasteiger partial charge on any atom is 0.307 e. The number of hydrogen-bond acceptors (Lipinski definition) is 9. The monoisotopic (exact) mass is 669 g/mol. The molecule has 4 aromatic rings. The minimum Gasteiger partial charge on any atom is -0.489 e. The van der Waals surface area contributed by atoms with E-state index in [4.69, 9.17) is 23.9 Å². The number of esters is 1. The molecular formula is C38H47N5O6. The molecule has 2 aliphatic heterocycles. The van der Waals surface area contributed by atoms with Gasteiger partial charge in [-0.15, -0.1) is 5.10 Å². The zero-order chi connectivity index (χ0) is 34.6. The molecule has 0 radical (unpaired) electrons. The number of unbranched alkanes of at least 4 members (excludes halogenated alkanes) is 2. The van der Waals surface area contributed by atoms with Crippen LogP contribution in [0.1, 0.15) is 88.1 Å². The SMILES string of the molecule is C=C1OCc2c(cc3n(c2=O)Cc2cc4ccccc4nc2-3)[C@]1(CC)OC(=O)CCCCCn1cc(COCC(CC)(CC)COC)nn1. The van der Waals surface area contributed by atoms with Gasteiger partial charge in [0.05, 0.1) is 55.0 Å². The molecule has 0 amide bonds. The Kier molecular flexibility index (Phi) is 10.3. The van der Waals surface area contributed by atoms with E-state index in [2.05, 4.69) is 36.8 Å². The fourth-order valence-electron chi connectivity index (χ4n) is 7.07. The zero-order valence-corrected chi connectivity index (χ0v) is 29.1. The first-order valence-corrected chi connectivity index (χ1v) is 17.4. The van der Waals surface area contributed by atoms with E-state index in [-0.39, 0.29) is 30.0 Å². The van der Waals surface area contributed by atoms with Crippen LogP contribution in [0.4, 0.5) is 0 Å². The van der Waals surface area contributed by atoms with Gasteiger partial charge in [0.25, 0.3) is 5.56 Å². The van der Waals surface area contributed by atoms with E-state index >= 15 is 0 Å². The fraction of sp³-hybridized carbons (Fsp3) is 0.500. The van der Waals surface area contributed by atoms with Crippen molar-refractivity contribution in [2.75, 3.05) is 20.3 Å². The molecule has 3 aromatic heterocycles. The number of ether oxygens (including phenoxy) is 4. The third-order valence-electron chi connectivity index (χ3n) is 10.3. The number of methoxy groups -OCH3 is 1. The molecule has 11 heteroatoms. The number of carbonyl (C=O) groups excluding carboxylic acids is 1. The van der Waals surface area contributed by atoms with Crippen molar-refractivity contribution in [2.45, 2.75) is 97.6 Å². The smallest absolute Gasteiger partial charge is 0.307 e. The third-order valence-corrected chi connectivity index (χ3v) is 10.3. The minimum absolute atomic E-state index is 0.0147. The fourth-order valence-corrected chi connectivity index (χ4v) is 7.07. The molecule has 0 N–H and O–H groups in total. The van der Waals surface area contributed by atoms with Crippen LogP contribution in [0.25, 0.3) is 22.3 Å². The molecular weight excluding hydrogens is 622 g/mol. The van der Waals surface area contributed by atoms with Gasteiger partial charge in [0, 0.05) is 42.0 Å². The second-order valence-corrected chi connectivity index (χ2v) is 13.3. The van der Waals surface area contributed by atoms with Gasteiger partial charge >= 0.3 is 5.97 Å². The molecule has 1 aromatic carbocycles. The van der Waals surface area contributed by atoms with Gasteiger partial charge < -0.3 is 23.5 Å². The van der Waals surface area contributed by atoms with Gasteiger partial charge in [-0.05, 0) is 50.3 Å². The van der Waals surface area contributed by atoms with E-state index in [1.54, 1.807) is 11.7 Å². The van der Waals surface area contributed by atoms with Crippen molar-refractivity contribution in [1.82, 2.24) is 24.5 Å². The molecule has 6 rings (SSSR count). The molecule has 0 aliphatic carbocycles. The van der Waals surface area contributed by atoms with Crippen LogP contribution in [0, 0.1) is 5.41 Å². The predicted molar refractivity (Wildman–Crippen MR) is 186 cm³/mol. The summed E-state index contributed by atoms with van der Waals surface area (Å²) in [5, 5.41) is 9.53. The number of hydrogen-bond donors (Lipinski definition) is 0. The summed E-state index contributed by atoms with van der Waals surface area (Å²) in [6.07, 6.45) is 6.80. The maximum atomic E-state index is 13.8. The Balaban J connectivity index is 1.06. The molecule has 0 spiro atoms. The van der Waals surface area contributed by atoms with Gasteiger partial charge in [0.15, 0.2) is 5.60 Å². The number of aryl methyl sites for hydroxylation is 1. The Morgan fingerprint density at radius 2 is 1.92 bits per heavy atom. The van der Waals surface area contributed by atoms with E-state index in [0.717, 1.165) is 59.2 Å². The van der Waals surface area contributed by atoms with Crippen LogP contribution in [-0.2, 0) is 55.6 Å². The Hall–Kier alpha value is -4.35. The number of nitrogens with zero attached hydrogens (tertiary/aromatic N) is 5. The largest absolute Gasteiger partial charge is 0.489 e. The average Bonchev–Trinajstić information content (AvgIpc) is 3.72. The van der Waals surface area contributed by atoms with Gasteiger partial charge in [-0.25, -0.2) is 4.98 Å². The van der Waals surface area contributed by atoms with Crippen molar-refractivity contribution in [1.29, 1.82) is 0 Å². The quantitative estimate of drug-likeness (QED) is 0.0864. The number of benzene rings is 1. The Bertz CT molecular complexity index is 1890. The summed E-state index contributed by atoms with van der Waals surface area (Å²) < 4.78 is 27.1. The number of aromatic nitrogens is 5. The van der Waals surface area contributed by atoms with Crippen LogP contribution >= 0.6 is 0 Å². The first-order valence-electron chi connectivity index (χ1n) is 17.4. The molecule has 11 nitrogen and oxygen atoms in total. The van der Waals surface area contributed by atoms with Crippen LogP contribution in [0.5, 0.6) is 0 Å². The topological polar surface area (TPSA) is 120 Å². The number of rotatable bonds is 16. The van der Waals surface area contributed by atoms with E-state index in [1.165, 1.54) is 0 Å². The number of fused-ring (bicyclic) bond motifs is 5. The van der Waals surface area contributed by atoms with Gasteiger partial charge in [0.1, 0.15) is 18.1 Å². The highest BCUT2D eigenvalue weighted by Crippen LogP contribution is 2.45. The van der Waals surface area contributed by atoms with Gasteiger partial charge in [-0.2, -0.15) is 0 Å². The Morgan fingerprint density at radius 1 is 1.10 bits per heavy atom. The maximum absolute atomic E-state index is 13.8. The number of para-hydroxylation sites is 1. The lowest BCUT2D eigenvalue weighted by Crippen LogP contribution is -2.42. The molecule has 0 saturated heterocycles. The normalized spacial score (nSPS) is 16.7. The van der Waals surface area contributed by atoms with E-state index in [9.17, 15) is 9.59 Å².